The summed E-state index contributed by atoms with van der Waals surface area (Å²) in [6.07, 6.45) is 0.0221. The number of benzene rings is 1. The van der Waals surface area contributed by atoms with Crippen LogP contribution in [0.1, 0.15) is 20.8 Å². The molecule has 0 spiro atoms. The van der Waals surface area contributed by atoms with Crippen LogP contribution >= 0.6 is 0 Å². The van der Waals surface area contributed by atoms with Crippen LogP contribution in [0.5, 0.6) is 5.75 Å². The number of nitrogens with zero attached hydrogens (tertiary/aromatic N) is 4. The van der Waals surface area contributed by atoms with E-state index in [0.29, 0.717) is 37.0 Å². The minimum absolute atomic E-state index is 0.0221. The molecule has 1 heterocycles. The Morgan fingerprint density at radius 1 is 1.29 bits per heavy atom. The predicted octanol–water partition coefficient (Wildman–Crippen LogP) is 1.75. The molecule has 7 nitrogen and oxygen atoms in total. The molecule has 0 fully saturated rings. The minimum Gasteiger partial charge on any atom is -0.491 e. The highest BCUT2D eigenvalue weighted by atomic mass is 16.5. The van der Waals surface area contributed by atoms with Crippen LogP contribution in [0, 0.1) is 0 Å². The zero-order valence-corrected chi connectivity index (χ0v) is 12.6. The van der Waals surface area contributed by atoms with Crippen molar-refractivity contribution in [3.8, 4) is 17.1 Å². The van der Waals surface area contributed by atoms with Crippen LogP contribution in [0.4, 0.5) is 5.69 Å². The van der Waals surface area contributed by atoms with Crippen molar-refractivity contribution in [2.24, 2.45) is 0 Å². The Balaban J connectivity index is 2.35. The largest absolute Gasteiger partial charge is 0.491 e. The topological polar surface area (TPSA) is 88.1 Å². The maximum absolute atomic E-state index is 5.99. The third-order valence-corrected chi connectivity index (χ3v) is 2.99. The Hall–Kier alpha value is -2.15. The fourth-order valence-electron chi connectivity index (χ4n) is 2.14. The van der Waals surface area contributed by atoms with Crippen molar-refractivity contribution >= 4 is 5.69 Å². The molecule has 2 rings (SSSR count). The molecular weight excluding hydrogens is 270 g/mol. The molecule has 21 heavy (non-hydrogen) atoms. The lowest BCUT2D eigenvalue weighted by atomic mass is 10.1. The number of tetrazole rings is 1. The summed E-state index contributed by atoms with van der Waals surface area (Å²) < 4.78 is 12.9. The van der Waals surface area contributed by atoms with Crippen molar-refractivity contribution in [2.75, 3.05) is 18.9 Å². The van der Waals surface area contributed by atoms with E-state index >= 15 is 0 Å². The first kappa shape index (κ1) is 15.2. The molecule has 0 aliphatic carbocycles. The maximum atomic E-state index is 5.99. The normalized spacial score (nSPS) is 12.3. The fraction of sp³-hybridized carbons (Fsp3) is 0.500. The molecule has 1 aromatic heterocycles. The molecule has 7 heteroatoms. The van der Waals surface area contributed by atoms with Gasteiger partial charge in [-0.05, 0) is 43.3 Å². The van der Waals surface area contributed by atoms with Gasteiger partial charge in [0.25, 0.3) is 0 Å². The van der Waals surface area contributed by atoms with Crippen molar-refractivity contribution in [2.45, 2.75) is 33.4 Å². The van der Waals surface area contributed by atoms with Gasteiger partial charge in [-0.15, -0.1) is 5.10 Å². The van der Waals surface area contributed by atoms with Crippen molar-refractivity contribution < 1.29 is 9.47 Å². The van der Waals surface area contributed by atoms with Gasteiger partial charge in [0.15, 0.2) is 11.6 Å². The third-order valence-electron chi connectivity index (χ3n) is 2.99. The third kappa shape index (κ3) is 3.49. The first-order chi connectivity index (χ1) is 10.2. The summed E-state index contributed by atoms with van der Waals surface area (Å²) in [5, 5.41) is 11.9. The second-order valence-electron chi connectivity index (χ2n) is 4.61. The number of anilines is 1. The number of aromatic nitrogens is 4. The van der Waals surface area contributed by atoms with E-state index in [-0.39, 0.29) is 6.10 Å². The van der Waals surface area contributed by atoms with Gasteiger partial charge in [0.1, 0.15) is 0 Å². The molecule has 0 amide bonds. The number of hydrogen-bond donors (Lipinski definition) is 1. The SMILES string of the molecule is CCOc1c(N)cccc1-c1nnnn1CC(C)OCC. The minimum atomic E-state index is 0.0221. The van der Waals surface area contributed by atoms with Gasteiger partial charge < -0.3 is 15.2 Å². The molecule has 0 aliphatic rings. The van der Waals surface area contributed by atoms with Gasteiger partial charge in [-0.2, -0.15) is 0 Å². The summed E-state index contributed by atoms with van der Waals surface area (Å²) in [4.78, 5) is 0. The highest BCUT2D eigenvalue weighted by Gasteiger charge is 2.17. The van der Waals surface area contributed by atoms with Crippen LogP contribution in [0.2, 0.25) is 0 Å². The number of rotatable bonds is 7. The van der Waals surface area contributed by atoms with E-state index in [9.17, 15) is 0 Å². The summed E-state index contributed by atoms with van der Waals surface area (Å²) in [7, 11) is 0. The van der Waals surface area contributed by atoms with Gasteiger partial charge in [0.05, 0.1) is 30.5 Å². The molecule has 0 radical (unpaired) electrons. The van der Waals surface area contributed by atoms with E-state index in [4.69, 9.17) is 15.2 Å². The van der Waals surface area contributed by atoms with Crippen LogP contribution in [-0.4, -0.2) is 39.5 Å². The molecular formula is C14H21N5O2. The summed E-state index contributed by atoms with van der Waals surface area (Å²) in [5.74, 6) is 1.23. The Labute approximate surface area is 124 Å². The first-order valence-electron chi connectivity index (χ1n) is 7.06. The van der Waals surface area contributed by atoms with E-state index in [1.165, 1.54) is 0 Å². The van der Waals surface area contributed by atoms with Gasteiger partial charge >= 0.3 is 0 Å². The zero-order valence-electron chi connectivity index (χ0n) is 12.6. The van der Waals surface area contributed by atoms with E-state index in [1.54, 1.807) is 10.7 Å². The monoisotopic (exact) mass is 291 g/mol. The quantitative estimate of drug-likeness (QED) is 0.782. The molecule has 0 bridgehead atoms. The molecule has 0 saturated carbocycles. The summed E-state index contributed by atoms with van der Waals surface area (Å²) >= 11 is 0. The van der Waals surface area contributed by atoms with Crippen LogP contribution in [0.3, 0.4) is 0 Å². The van der Waals surface area contributed by atoms with Crippen LogP contribution < -0.4 is 10.5 Å². The number of ether oxygens (including phenoxy) is 2. The molecule has 0 aliphatic heterocycles. The van der Waals surface area contributed by atoms with Gasteiger partial charge in [0, 0.05) is 6.61 Å². The van der Waals surface area contributed by atoms with Crippen molar-refractivity contribution in [3.05, 3.63) is 18.2 Å². The second kappa shape index (κ2) is 7.03. The summed E-state index contributed by atoms with van der Waals surface area (Å²) in [5.41, 5.74) is 7.34. The average Bonchev–Trinajstić information content (AvgIpc) is 2.89. The van der Waals surface area contributed by atoms with Gasteiger partial charge in [0.2, 0.25) is 0 Å². The fourth-order valence-corrected chi connectivity index (χ4v) is 2.14. The molecule has 1 unspecified atom stereocenters. The van der Waals surface area contributed by atoms with Gasteiger partial charge in [-0.25, -0.2) is 4.68 Å². The first-order valence-corrected chi connectivity index (χ1v) is 7.06. The van der Waals surface area contributed by atoms with E-state index < -0.39 is 0 Å². The Morgan fingerprint density at radius 2 is 2.10 bits per heavy atom. The van der Waals surface area contributed by atoms with E-state index in [0.717, 1.165) is 5.56 Å². The molecule has 2 N–H and O–H groups in total. The lowest BCUT2D eigenvalue weighted by molar-refractivity contribution is 0.0614. The summed E-state index contributed by atoms with van der Waals surface area (Å²) in [6.45, 7) is 7.60. The Morgan fingerprint density at radius 3 is 2.81 bits per heavy atom. The van der Waals surface area contributed by atoms with Crippen LogP contribution in [0.15, 0.2) is 18.2 Å². The highest BCUT2D eigenvalue weighted by molar-refractivity contribution is 5.73. The van der Waals surface area contributed by atoms with Crippen molar-refractivity contribution in [3.63, 3.8) is 0 Å². The van der Waals surface area contributed by atoms with Crippen molar-refractivity contribution in [1.82, 2.24) is 20.2 Å². The highest BCUT2D eigenvalue weighted by Crippen LogP contribution is 2.33. The Kier molecular flexibility index (Phi) is 5.10. The lowest BCUT2D eigenvalue weighted by Gasteiger charge is -2.14. The number of nitrogens with two attached hydrogens (primary N) is 1. The van der Waals surface area contributed by atoms with Gasteiger partial charge in [-0.3, -0.25) is 0 Å². The summed E-state index contributed by atoms with van der Waals surface area (Å²) in [6, 6.07) is 5.55. The molecule has 114 valence electrons. The molecule has 1 aromatic carbocycles. The van der Waals surface area contributed by atoms with E-state index in [2.05, 4.69) is 15.5 Å². The smallest absolute Gasteiger partial charge is 0.185 e. The maximum Gasteiger partial charge on any atom is 0.185 e. The van der Waals surface area contributed by atoms with Crippen molar-refractivity contribution in [1.29, 1.82) is 0 Å². The number of para-hydroxylation sites is 1. The van der Waals surface area contributed by atoms with Crippen LogP contribution in [-0.2, 0) is 11.3 Å². The molecule has 2 aromatic rings. The second-order valence-corrected chi connectivity index (χ2v) is 4.61. The lowest BCUT2D eigenvalue weighted by Crippen LogP contribution is -2.18. The van der Waals surface area contributed by atoms with Crippen LogP contribution in [0.25, 0.3) is 11.4 Å². The number of hydrogen-bond acceptors (Lipinski definition) is 6. The standard InChI is InChI=1S/C14H21N5O2/c1-4-20-10(3)9-19-14(16-17-18-19)11-7-6-8-12(15)13(11)21-5-2/h6-8,10H,4-5,9,15H2,1-3H3. The number of nitrogen functional groups attached to an aromatic ring is 1. The average molecular weight is 291 g/mol. The Bertz CT molecular complexity index is 584. The van der Waals surface area contributed by atoms with E-state index in [1.807, 2.05) is 32.9 Å². The molecule has 1 atom stereocenters. The predicted molar refractivity (Wildman–Crippen MR) is 79.9 cm³/mol. The molecule has 0 saturated heterocycles. The zero-order chi connectivity index (χ0) is 15.2. The van der Waals surface area contributed by atoms with Gasteiger partial charge in [-0.1, -0.05) is 6.07 Å².